The summed E-state index contributed by atoms with van der Waals surface area (Å²) in [4.78, 5) is 38.3. The minimum Gasteiger partial charge on any atom is -0.507 e. The van der Waals surface area contributed by atoms with E-state index in [1.807, 2.05) is 6.07 Å². The molecule has 4 aliphatic rings. The van der Waals surface area contributed by atoms with Gasteiger partial charge in [-0.25, -0.2) is 0 Å². The van der Waals surface area contributed by atoms with Crippen molar-refractivity contribution in [2.45, 2.75) is 19.3 Å². The van der Waals surface area contributed by atoms with E-state index in [2.05, 4.69) is 18.0 Å². The number of carbonyl (C=O) groups is 3. The van der Waals surface area contributed by atoms with Crippen molar-refractivity contribution in [1.82, 2.24) is 5.32 Å². The molecule has 8 nitrogen and oxygen atoms in total. The largest absolute Gasteiger partial charge is 0.507 e. The summed E-state index contributed by atoms with van der Waals surface area (Å²) in [5, 5.41) is 35.4. The van der Waals surface area contributed by atoms with Crippen LogP contribution in [0.1, 0.15) is 29.5 Å². The van der Waals surface area contributed by atoms with Gasteiger partial charge in [0, 0.05) is 18.0 Å². The molecule has 1 fully saturated rings. The van der Waals surface area contributed by atoms with E-state index in [1.165, 1.54) is 6.07 Å². The van der Waals surface area contributed by atoms with Crippen LogP contribution in [0.4, 0.5) is 0 Å². The molecule has 170 valence electrons. The van der Waals surface area contributed by atoms with Gasteiger partial charge < -0.3 is 26.4 Å². The third-order valence-electron chi connectivity index (χ3n) is 7.30. The second-order valence-electron chi connectivity index (χ2n) is 8.99. The number of fused-ring (bicyclic) bond motifs is 3. The number of phenolic OH excluding ortho intramolecular Hbond substituents is 1. The van der Waals surface area contributed by atoms with Crippen LogP contribution in [0.15, 0.2) is 47.3 Å². The van der Waals surface area contributed by atoms with Crippen LogP contribution in [-0.2, 0) is 20.8 Å². The first-order chi connectivity index (χ1) is 15.7. The molecule has 3 aliphatic carbocycles. The van der Waals surface area contributed by atoms with Gasteiger partial charge in [-0.15, -0.1) is 0 Å². The summed E-state index contributed by atoms with van der Waals surface area (Å²) >= 11 is 0. The number of allylic oxidation sites excluding steroid dienone is 2. The third-order valence-corrected chi connectivity index (χ3v) is 7.30. The number of benzene rings is 1. The van der Waals surface area contributed by atoms with E-state index < -0.39 is 46.6 Å². The average Bonchev–Trinajstić information content (AvgIpc) is 2.77. The highest BCUT2D eigenvalue weighted by atomic mass is 16.3. The summed E-state index contributed by atoms with van der Waals surface area (Å²) in [6.07, 6.45) is 3.53. The first kappa shape index (κ1) is 21.2. The zero-order valence-electron chi connectivity index (χ0n) is 17.9. The van der Waals surface area contributed by atoms with Crippen molar-refractivity contribution in [1.29, 1.82) is 0 Å². The van der Waals surface area contributed by atoms with Gasteiger partial charge in [0.1, 0.15) is 22.8 Å². The van der Waals surface area contributed by atoms with Crippen molar-refractivity contribution < 1.29 is 29.7 Å². The third kappa shape index (κ3) is 2.97. The number of Topliss-reactive ketones (excluding diaryl/α,β-unsaturated/α-hetero) is 2. The van der Waals surface area contributed by atoms with Gasteiger partial charge in [0.2, 0.25) is 0 Å². The molecule has 0 radical (unpaired) electrons. The number of carbonyl (C=O) groups excluding carboxylic acids is 3. The van der Waals surface area contributed by atoms with Crippen molar-refractivity contribution in [2.75, 3.05) is 13.1 Å². The van der Waals surface area contributed by atoms with Gasteiger partial charge >= 0.3 is 0 Å². The Hall–Kier alpha value is -3.65. The van der Waals surface area contributed by atoms with E-state index in [0.29, 0.717) is 6.42 Å². The molecule has 1 aromatic rings. The molecule has 1 amide bonds. The molecule has 0 spiro atoms. The van der Waals surface area contributed by atoms with Crippen LogP contribution >= 0.6 is 0 Å². The van der Waals surface area contributed by atoms with Crippen molar-refractivity contribution in [3.63, 3.8) is 0 Å². The lowest BCUT2D eigenvalue weighted by Gasteiger charge is -2.42. The predicted octanol–water partition coefficient (Wildman–Crippen LogP) is 1.85. The lowest BCUT2D eigenvalue weighted by Crippen LogP contribution is -2.47. The average molecular weight is 448 g/mol. The molecule has 6 N–H and O–H groups in total. The Morgan fingerprint density at radius 3 is 2.55 bits per heavy atom. The number of ketones is 2. The first-order valence-electron chi connectivity index (χ1n) is 10.9. The van der Waals surface area contributed by atoms with Gasteiger partial charge in [0.05, 0.1) is 11.5 Å². The fourth-order valence-corrected chi connectivity index (χ4v) is 5.76. The highest BCUT2D eigenvalue weighted by Gasteiger charge is 2.53. The van der Waals surface area contributed by atoms with Gasteiger partial charge in [-0.2, -0.15) is 0 Å². The number of amides is 1. The Morgan fingerprint density at radius 1 is 1.12 bits per heavy atom. The summed E-state index contributed by atoms with van der Waals surface area (Å²) in [6, 6.07) is 3.33. The van der Waals surface area contributed by atoms with Gasteiger partial charge in [0.15, 0.2) is 11.6 Å². The number of primary amides is 1. The fraction of sp³-hybridized carbons (Fsp3) is 0.320. The Morgan fingerprint density at radius 2 is 1.88 bits per heavy atom. The Labute approximate surface area is 189 Å². The number of nitrogens with one attached hydrogen (secondary N) is 1. The van der Waals surface area contributed by atoms with E-state index >= 15 is 0 Å². The lowest BCUT2D eigenvalue weighted by molar-refractivity contribution is -0.133. The van der Waals surface area contributed by atoms with Crippen LogP contribution in [0, 0.1) is 17.8 Å². The Bertz CT molecular complexity index is 1250. The van der Waals surface area contributed by atoms with Crippen LogP contribution in [0.25, 0.3) is 11.3 Å². The molecule has 33 heavy (non-hydrogen) atoms. The van der Waals surface area contributed by atoms with E-state index in [1.54, 1.807) is 0 Å². The topological polar surface area (TPSA) is 150 Å². The maximum atomic E-state index is 13.5. The zero-order chi connectivity index (χ0) is 23.6. The molecule has 8 heteroatoms. The number of aliphatic hydroxyl groups excluding tert-OH is 2. The standard InChI is InChI=1S/C25H24N2O6/c1-10-14-8-12-9-15-13(11-4-6-27-7-5-11)2-3-16(28)18(15)22(30)17(12)23(31)19(14)24(32)20(21(10)29)25(26)33/h2-4,12,14,19,27-30H,1,5-9H2,(H2,26,33). The Kier molecular flexibility index (Phi) is 4.79. The van der Waals surface area contributed by atoms with Crippen molar-refractivity contribution in [3.05, 3.63) is 64.0 Å². The van der Waals surface area contributed by atoms with E-state index in [4.69, 9.17) is 5.73 Å². The smallest absolute Gasteiger partial charge is 0.256 e. The predicted molar refractivity (Wildman–Crippen MR) is 120 cm³/mol. The summed E-state index contributed by atoms with van der Waals surface area (Å²) in [7, 11) is 0. The van der Waals surface area contributed by atoms with E-state index in [0.717, 1.165) is 36.2 Å². The Balaban J connectivity index is 1.65. The fourth-order valence-electron chi connectivity index (χ4n) is 5.76. The highest BCUT2D eigenvalue weighted by Crippen LogP contribution is 2.51. The zero-order valence-corrected chi connectivity index (χ0v) is 17.9. The molecular formula is C25H24N2O6. The summed E-state index contributed by atoms with van der Waals surface area (Å²) in [5.74, 6) is -6.07. The molecular weight excluding hydrogens is 424 g/mol. The minimum atomic E-state index is -1.29. The number of phenols is 1. The van der Waals surface area contributed by atoms with Gasteiger partial charge in [0.25, 0.3) is 5.91 Å². The molecule has 1 saturated carbocycles. The maximum Gasteiger partial charge on any atom is 0.256 e. The number of aliphatic hydroxyl groups is 2. The number of hydrogen-bond donors (Lipinski definition) is 5. The van der Waals surface area contributed by atoms with Crippen molar-refractivity contribution >= 4 is 28.8 Å². The SMILES string of the molecule is C=C1C(O)=C(C(N)=O)C(=O)C2C(=O)C3=C(O)c4c(O)ccc(C5=CCNCC5)c4CC3CC12. The molecule has 1 heterocycles. The molecule has 3 unspecified atom stereocenters. The molecule has 5 rings (SSSR count). The van der Waals surface area contributed by atoms with Crippen LogP contribution in [-0.4, -0.2) is 45.9 Å². The van der Waals surface area contributed by atoms with Crippen molar-refractivity contribution in [3.8, 4) is 5.75 Å². The first-order valence-corrected chi connectivity index (χ1v) is 10.9. The normalized spacial score (nSPS) is 27.1. The van der Waals surface area contributed by atoms with Crippen LogP contribution < -0.4 is 11.1 Å². The molecule has 0 saturated heterocycles. The number of nitrogens with two attached hydrogens (primary N) is 1. The van der Waals surface area contributed by atoms with Crippen LogP contribution in [0.5, 0.6) is 5.75 Å². The van der Waals surface area contributed by atoms with Crippen LogP contribution in [0.2, 0.25) is 0 Å². The molecule has 3 atom stereocenters. The number of rotatable bonds is 2. The monoisotopic (exact) mass is 448 g/mol. The van der Waals surface area contributed by atoms with Gasteiger partial charge in [-0.1, -0.05) is 18.7 Å². The molecule has 1 aliphatic heterocycles. The van der Waals surface area contributed by atoms with Crippen LogP contribution in [0.3, 0.4) is 0 Å². The number of aromatic hydroxyl groups is 1. The summed E-state index contributed by atoms with van der Waals surface area (Å²) < 4.78 is 0. The van der Waals surface area contributed by atoms with E-state index in [-0.39, 0.29) is 34.6 Å². The van der Waals surface area contributed by atoms with Crippen molar-refractivity contribution in [2.24, 2.45) is 23.5 Å². The van der Waals surface area contributed by atoms with Gasteiger partial charge in [-0.05, 0) is 60.1 Å². The summed E-state index contributed by atoms with van der Waals surface area (Å²) in [6.45, 7) is 5.37. The molecule has 1 aromatic carbocycles. The summed E-state index contributed by atoms with van der Waals surface area (Å²) in [5.41, 5.74) is 7.82. The van der Waals surface area contributed by atoms with E-state index in [9.17, 15) is 29.7 Å². The quantitative estimate of drug-likeness (QED) is 0.342. The molecule has 0 aromatic heterocycles. The second-order valence-corrected chi connectivity index (χ2v) is 8.99. The maximum absolute atomic E-state index is 13.5. The number of hydrogen-bond acceptors (Lipinski definition) is 7. The van der Waals surface area contributed by atoms with Gasteiger partial charge in [-0.3, -0.25) is 14.4 Å². The minimum absolute atomic E-state index is 0.0712. The second kappa shape index (κ2) is 7.45. The highest BCUT2D eigenvalue weighted by molar-refractivity contribution is 6.29. The molecule has 0 bridgehead atoms. The lowest BCUT2D eigenvalue weighted by atomic mass is 9.59.